The van der Waals surface area contributed by atoms with Gasteiger partial charge in [0.1, 0.15) is 16.5 Å². The molecule has 2 amide bonds. The smallest absolute Gasteiger partial charge is 0.283 e. The Kier molecular flexibility index (Phi) is 4.54. The van der Waals surface area contributed by atoms with Crippen LogP contribution in [0.25, 0.3) is 0 Å². The largest absolute Gasteiger partial charge is 0.495 e. The van der Waals surface area contributed by atoms with Crippen molar-refractivity contribution in [3.05, 3.63) is 35.0 Å². The van der Waals surface area contributed by atoms with Gasteiger partial charge in [-0.05, 0) is 25.0 Å². The number of hydrogen-bond donors (Lipinski definition) is 1. The minimum atomic E-state index is -0.559. The molecule has 0 spiro atoms. The third kappa shape index (κ3) is 2.92. The molecule has 2 heterocycles. The summed E-state index contributed by atoms with van der Waals surface area (Å²) in [5.74, 6) is -0.613. The van der Waals surface area contributed by atoms with Gasteiger partial charge in [0.15, 0.2) is 0 Å². The van der Waals surface area contributed by atoms with Crippen LogP contribution in [0.3, 0.4) is 0 Å². The van der Waals surface area contributed by atoms with Gasteiger partial charge in [0.05, 0.1) is 18.9 Å². The molecule has 2 aliphatic heterocycles. The maximum absolute atomic E-state index is 12.6. The van der Waals surface area contributed by atoms with Crippen LogP contribution in [0.15, 0.2) is 35.0 Å². The van der Waals surface area contributed by atoms with Crippen molar-refractivity contribution < 1.29 is 19.1 Å². The van der Waals surface area contributed by atoms with Gasteiger partial charge in [-0.15, -0.1) is 0 Å². The number of amides is 2. The number of methoxy groups -OCH3 is 1. The number of benzene rings is 1. The van der Waals surface area contributed by atoms with Gasteiger partial charge in [0.2, 0.25) is 0 Å². The van der Waals surface area contributed by atoms with E-state index in [2.05, 4.69) is 5.32 Å². The Morgan fingerprint density at radius 3 is 2.83 bits per heavy atom. The molecule has 1 saturated heterocycles. The van der Waals surface area contributed by atoms with Crippen LogP contribution in [0.2, 0.25) is 0 Å². The quantitative estimate of drug-likeness (QED) is 0.830. The second-order valence-corrected chi connectivity index (χ2v) is 5.70. The van der Waals surface area contributed by atoms with Gasteiger partial charge in [-0.3, -0.25) is 9.59 Å². The number of imide groups is 1. The Labute approximate surface area is 139 Å². The highest BCUT2D eigenvalue weighted by molar-refractivity contribution is 6.52. The fourth-order valence-corrected chi connectivity index (χ4v) is 2.94. The number of para-hydroxylation sites is 2. The maximum atomic E-state index is 12.6. The van der Waals surface area contributed by atoms with E-state index in [1.807, 2.05) is 0 Å². The van der Waals surface area contributed by atoms with Crippen LogP contribution in [-0.4, -0.2) is 38.2 Å². The fourth-order valence-electron chi connectivity index (χ4n) is 2.71. The molecule has 23 heavy (non-hydrogen) atoms. The first-order chi connectivity index (χ1) is 11.1. The van der Waals surface area contributed by atoms with Crippen LogP contribution in [-0.2, 0) is 14.3 Å². The molecule has 122 valence electrons. The molecule has 1 N–H and O–H groups in total. The van der Waals surface area contributed by atoms with Gasteiger partial charge in [-0.2, -0.15) is 0 Å². The Morgan fingerprint density at radius 2 is 2.13 bits per heavy atom. The first-order valence-corrected chi connectivity index (χ1v) is 7.78. The van der Waals surface area contributed by atoms with E-state index in [9.17, 15) is 9.59 Å². The zero-order valence-electron chi connectivity index (χ0n) is 12.7. The molecule has 0 saturated carbocycles. The Bertz CT molecular complexity index is 668. The van der Waals surface area contributed by atoms with Crippen molar-refractivity contribution in [2.24, 2.45) is 0 Å². The van der Waals surface area contributed by atoms with E-state index in [1.165, 1.54) is 7.11 Å². The number of rotatable bonds is 5. The summed E-state index contributed by atoms with van der Waals surface area (Å²) in [6.07, 6.45) is 1.96. The number of ether oxygens (including phenoxy) is 2. The normalized spacial score (nSPS) is 21.3. The highest BCUT2D eigenvalue weighted by Gasteiger charge is 2.40. The molecule has 7 heteroatoms. The van der Waals surface area contributed by atoms with E-state index in [-0.39, 0.29) is 16.8 Å². The molecule has 1 atom stereocenters. The van der Waals surface area contributed by atoms with Gasteiger partial charge in [0.25, 0.3) is 11.8 Å². The molecule has 1 aromatic rings. The first-order valence-electron chi connectivity index (χ1n) is 7.40. The predicted molar refractivity (Wildman–Crippen MR) is 85.3 cm³/mol. The van der Waals surface area contributed by atoms with Crippen LogP contribution in [0.4, 0.5) is 5.69 Å². The van der Waals surface area contributed by atoms with E-state index in [0.29, 0.717) is 18.0 Å². The van der Waals surface area contributed by atoms with Crippen LogP contribution in [0.1, 0.15) is 12.8 Å². The van der Waals surface area contributed by atoms with Gasteiger partial charge < -0.3 is 14.8 Å². The standard InChI is InChI=1S/C16H17ClN2O4/c1-22-12-7-3-2-6-11(12)19-15(20)13(17)14(16(19)21)18-9-10-5-4-8-23-10/h2-3,6-7,10,18H,4-5,8-9H2,1H3. The molecular formula is C16H17ClN2O4. The van der Waals surface area contributed by atoms with E-state index in [1.54, 1.807) is 24.3 Å². The summed E-state index contributed by atoms with van der Waals surface area (Å²) in [5, 5.41) is 2.85. The van der Waals surface area contributed by atoms with Crippen molar-refractivity contribution in [1.29, 1.82) is 0 Å². The Morgan fingerprint density at radius 1 is 1.35 bits per heavy atom. The second kappa shape index (κ2) is 6.60. The first kappa shape index (κ1) is 15.8. The van der Waals surface area contributed by atoms with Crippen molar-refractivity contribution in [2.75, 3.05) is 25.2 Å². The predicted octanol–water partition coefficient (Wildman–Crippen LogP) is 1.79. The number of anilines is 1. The summed E-state index contributed by atoms with van der Waals surface area (Å²) in [4.78, 5) is 26.0. The highest BCUT2D eigenvalue weighted by atomic mass is 35.5. The Hall–Kier alpha value is -2.05. The van der Waals surface area contributed by atoms with Crippen molar-refractivity contribution in [3.63, 3.8) is 0 Å². The Balaban J connectivity index is 1.80. The summed E-state index contributed by atoms with van der Waals surface area (Å²) in [5.41, 5.74) is 0.482. The average Bonchev–Trinajstić information content (AvgIpc) is 3.15. The van der Waals surface area contributed by atoms with Crippen molar-refractivity contribution in [3.8, 4) is 5.75 Å². The van der Waals surface area contributed by atoms with Crippen molar-refractivity contribution >= 4 is 29.1 Å². The highest BCUT2D eigenvalue weighted by Crippen LogP contribution is 2.34. The molecule has 3 rings (SSSR count). The number of carbonyl (C=O) groups excluding carboxylic acids is 2. The second-order valence-electron chi connectivity index (χ2n) is 5.32. The summed E-state index contributed by atoms with van der Waals surface area (Å²) in [6.45, 7) is 1.17. The van der Waals surface area contributed by atoms with Crippen LogP contribution in [0.5, 0.6) is 5.75 Å². The number of carbonyl (C=O) groups is 2. The third-order valence-electron chi connectivity index (χ3n) is 3.88. The average molecular weight is 337 g/mol. The van der Waals surface area contributed by atoms with E-state index < -0.39 is 11.8 Å². The van der Waals surface area contributed by atoms with Gasteiger partial charge in [-0.1, -0.05) is 23.7 Å². The number of nitrogens with zero attached hydrogens (tertiary/aromatic N) is 1. The van der Waals surface area contributed by atoms with Gasteiger partial charge in [-0.25, -0.2) is 4.90 Å². The number of halogens is 1. The monoisotopic (exact) mass is 336 g/mol. The summed E-state index contributed by atoms with van der Waals surface area (Å²) >= 11 is 6.07. The summed E-state index contributed by atoms with van der Waals surface area (Å²) in [7, 11) is 1.48. The minimum absolute atomic E-state index is 0.0372. The van der Waals surface area contributed by atoms with Gasteiger partial charge >= 0.3 is 0 Å². The van der Waals surface area contributed by atoms with Crippen LogP contribution >= 0.6 is 11.6 Å². The molecule has 6 nitrogen and oxygen atoms in total. The zero-order chi connectivity index (χ0) is 16.4. The fraction of sp³-hybridized carbons (Fsp3) is 0.375. The van der Waals surface area contributed by atoms with Crippen LogP contribution < -0.4 is 15.0 Å². The topological polar surface area (TPSA) is 67.9 Å². The molecule has 0 radical (unpaired) electrons. The summed E-state index contributed by atoms with van der Waals surface area (Å²) in [6, 6.07) is 6.81. The van der Waals surface area contributed by atoms with E-state index in [4.69, 9.17) is 21.1 Å². The van der Waals surface area contributed by atoms with Crippen LogP contribution in [0, 0.1) is 0 Å². The lowest BCUT2D eigenvalue weighted by atomic mass is 10.2. The molecule has 0 bridgehead atoms. The van der Waals surface area contributed by atoms with Crippen molar-refractivity contribution in [1.82, 2.24) is 5.32 Å². The minimum Gasteiger partial charge on any atom is -0.495 e. The van der Waals surface area contributed by atoms with E-state index in [0.717, 1.165) is 24.3 Å². The molecule has 0 aliphatic carbocycles. The molecule has 0 aromatic heterocycles. The lowest BCUT2D eigenvalue weighted by Crippen LogP contribution is -2.35. The maximum Gasteiger partial charge on any atom is 0.283 e. The number of hydrogen-bond acceptors (Lipinski definition) is 5. The molecule has 2 aliphatic rings. The van der Waals surface area contributed by atoms with Crippen molar-refractivity contribution in [2.45, 2.75) is 18.9 Å². The summed E-state index contributed by atoms with van der Waals surface area (Å²) < 4.78 is 10.7. The zero-order valence-corrected chi connectivity index (χ0v) is 13.4. The van der Waals surface area contributed by atoms with Gasteiger partial charge in [0, 0.05) is 13.2 Å². The third-order valence-corrected chi connectivity index (χ3v) is 4.23. The lowest BCUT2D eigenvalue weighted by Gasteiger charge is -2.18. The number of nitrogens with one attached hydrogen (secondary N) is 1. The molecule has 1 aromatic carbocycles. The SMILES string of the molecule is COc1ccccc1N1C(=O)C(Cl)=C(NCC2CCCO2)C1=O. The molecule has 1 unspecified atom stereocenters. The lowest BCUT2D eigenvalue weighted by molar-refractivity contribution is -0.120. The molecule has 1 fully saturated rings. The molecular weight excluding hydrogens is 320 g/mol. The van der Waals surface area contributed by atoms with E-state index >= 15 is 0 Å².